The second kappa shape index (κ2) is 5.20. The van der Waals surface area contributed by atoms with E-state index < -0.39 is 5.76 Å². The third kappa shape index (κ3) is 2.51. The van der Waals surface area contributed by atoms with Gasteiger partial charge in [0.25, 0.3) is 0 Å². The summed E-state index contributed by atoms with van der Waals surface area (Å²) >= 11 is 0. The van der Waals surface area contributed by atoms with Crippen molar-refractivity contribution < 1.29 is 9.15 Å². The fourth-order valence-corrected chi connectivity index (χ4v) is 2.66. The standard InChI is InChI=1S/C14H19N3O3/c1-17-5-3-2-4-9(17)8-19-12-7-11-13(6-10(12)15)20-14(18)16-11/h6-7,9H,2-5,8,15H2,1H3,(H,16,18). The average molecular weight is 277 g/mol. The molecule has 6 nitrogen and oxygen atoms in total. The molecule has 3 rings (SSSR count). The summed E-state index contributed by atoms with van der Waals surface area (Å²) in [5.74, 6) is 0.108. The summed E-state index contributed by atoms with van der Waals surface area (Å²) in [5, 5.41) is 0. The van der Waals surface area contributed by atoms with Crippen molar-refractivity contribution >= 4 is 16.8 Å². The van der Waals surface area contributed by atoms with E-state index in [1.54, 1.807) is 12.1 Å². The zero-order valence-electron chi connectivity index (χ0n) is 11.5. The van der Waals surface area contributed by atoms with Crippen LogP contribution in [0.3, 0.4) is 0 Å². The monoisotopic (exact) mass is 277 g/mol. The maximum Gasteiger partial charge on any atom is 0.417 e. The third-order valence-electron chi connectivity index (χ3n) is 3.90. The van der Waals surface area contributed by atoms with Crippen LogP contribution >= 0.6 is 0 Å². The minimum atomic E-state index is -0.483. The molecule has 0 saturated carbocycles. The summed E-state index contributed by atoms with van der Waals surface area (Å²) in [7, 11) is 2.12. The van der Waals surface area contributed by atoms with Crippen LogP contribution in [0.15, 0.2) is 21.3 Å². The van der Waals surface area contributed by atoms with Gasteiger partial charge in [0.05, 0.1) is 11.2 Å². The molecule has 0 aliphatic carbocycles. The highest BCUT2D eigenvalue weighted by molar-refractivity contribution is 5.80. The van der Waals surface area contributed by atoms with Crippen LogP contribution in [0.25, 0.3) is 11.1 Å². The van der Waals surface area contributed by atoms with Gasteiger partial charge in [-0.05, 0) is 26.4 Å². The molecule has 0 amide bonds. The van der Waals surface area contributed by atoms with Crippen molar-refractivity contribution in [1.29, 1.82) is 0 Å². The lowest BCUT2D eigenvalue weighted by Crippen LogP contribution is -2.40. The molecule has 2 heterocycles. The Morgan fingerprint density at radius 3 is 3.15 bits per heavy atom. The molecule has 3 N–H and O–H groups in total. The minimum Gasteiger partial charge on any atom is -0.490 e. The third-order valence-corrected chi connectivity index (χ3v) is 3.90. The summed E-state index contributed by atoms with van der Waals surface area (Å²) in [6, 6.07) is 3.76. The van der Waals surface area contributed by atoms with Gasteiger partial charge in [-0.2, -0.15) is 0 Å². The molecule has 1 atom stereocenters. The van der Waals surface area contributed by atoms with Crippen LogP contribution in [0.2, 0.25) is 0 Å². The highest BCUT2D eigenvalue weighted by Gasteiger charge is 2.20. The van der Waals surface area contributed by atoms with Crippen molar-refractivity contribution in [3.8, 4) is 5.75 Å². The molecule has 108 valence electrons. The zero-order valence-corrected chi connectivity index (χ0v) is 11.5. The van der Waals surface area contributed by atoms with E-state index in [0.29, 0.717) is 35.2 Å². The average Bonchev–Trinajstić information content (AvgIpc) is 2.76. The Balaban J connectivity index is 1.76. The molecule has 1 aromatic heterocycles. The SMILES string of the molecule is CN1CCCCC1COc1cc2[nH]c(=O)oc2cc1N. The summed E-state index contributed by atoms with van der Waals surface area (Å²) in [4.78, 5) is 16.1. The Bertz CT molecular complexity index is 661. The van der Waals surface area contributed by atoms with Crippen molar-refractivity contribution in [2.75, 3.05) is 25.9 Å². The van der Waals surface area contributed by atoms with Gasteiger partial charge in [-0.25, -0.2) is 4.79 Å². The van der Waals surface area contributed by atoms with Crippen LogP contribution in [-0.2, 0) is 0 Å². The first kappa shape index (κ1) is 13.1. The number of H-pyrrole nitrogens is 1. The molecule has 20 heavy (non-hydrogen) atoms. The van der Waals surface area contributed by atoms with Gasteiger partial charge in [0.2, 0.25) is 0 Å². The van der Waals surface area contributed by atoms with Gasteiger partial charge in [-0.1, -0.05) is 6.42 Å². The second-order valence-corrected chi connectivity index (χ2v) is 5.34. The lowest BCUT2D eigenvalue weighted by Gasteiger charge is -2.32. The smallest absolute Gasteiger partial charge is 0.417 e. The zero-order chi connectivity index (χ0) is 14.1. The number of nitrogen functional groups attached to an aromatic ring is 1. The molecule has 0 radical (unpaired) electrons. The van der Waals surface area contributed by atoms with Gasteiger partial charge in [0.1, 0.15) is 12.4 Å². The number of rotatable bonds is 3. The maximum absolute atomic E-state index is 11.1. The first-order valence-electron chi connectivity index (χ1n) is 6.89. The van der Waals surface area contributed by atoms with Gasteiger partial charge >= 0.3 is 5.76 Å². The number of benzene rings is 1. The number of aromatic nitrogens is 1. The predicted octanol–water partition coefficient (Wildman–Crippen LogP) is 1.57. The lowest BCUT2D eigenvalue weighted by molar-refractivity contribution is 0.125. The highest BCUT2D eigenvalue weighted by Crippen LogP contribution is 2.27. The van der Waals surface area contributed by atoms with E-state index in [1.165, 1.54) is 12.8 Å². The van der Waals surface area contributed by atoms with Gasteiger partial charge in [0, 0.05) is 18.2 Å². The molecular formula is C14H19N3O3. The molecule has 0 bridgehead atoms. The predicted molar refractivity (Wildman–Crippen MR) is 77.0 cm³/mol. The Hall–Kier alpha value is -1.95. The number of hydrogen-bond acceptors (Lipinski definition) is 5. The first-order chi connectivity index (χ1) is 9.63. The summed E-state index contributed by atoms with van der Waals surface area (Å²) in [6.07, 6.45) is 3.63. The van der Waals surface area contributed by atoms with Crippen LogP contribution in [0, 0.1) is 0 Å². The number of anilines is 1. The van der Waals surface area contributed by atoms with E-state index in [-0.39, 0.29) is 0 Å². The van der Waals surface area contributed by atoms with E-state index in [0.717, 1.165) is 13.0 Å². The molecule has 1 fully saturated rings. The molecular weight excluding hydrogens is 258 g/mol. The Kier molecular flexibility index (Phi) is 3.40. The second-order valence-electron chi connectivity index (χ2n) is 5.34. The molecule has 1 aromatic carbocycles. The van der Waals surface area contributed by atoms with Crippen LogP contribution in [-0.4, -0.2) is 36.1 Å². The Labute approximate surface area is 116 Å². The fourth-order valence-electron chi connectivity index (χ4n) is 2.66. The van der Waals surface area contributed by atoms with Crippen LogP contribution < -0.4 is 16.2 Å². The van der Waals surface area contributed by atoms with E-state index in [2.05, 4.69) is 16.9 Å². The summed E-state index contributed by atoms with van der Waals surface area (Å²) in [6.45, 7) is 1.71. The molecule has 0 spiro atoms. The van der Waals surface area contributed by atoms with Crippen LogP contribution in [0.1, 0.15) is 19.3 Å². The number of hydrogen-bond donors (Lipinski definition) is 2. The number of nitrogens with zero attached hydrogens (tertiary/aromatic N) is 1. The van der Waals surface area contributed by atoms with Crippen molar-refractivity contribution in [2.24, 2.45) is 0 Å². The number of ether oxygens (including phenoxy) is 1. The van der Waals surface area contributed by atoms with Crippen molar-refractivity contribution in [1.82, 2.24) is 9.88 Å². The first-order valence-corrected chi connectivity index (χ1v) is 6.89. The van der Waals surface area contributed by atoms with Gasteiger partial charge in [0.15, 0.2) is 5.58 Å². The van der Waals surface area contributed by atoms with Crippen LogP contribution in [0.5, 0.6) is 5.75 Å². The minimum absolute atomic E-state index is 0.419. The quantitative estimate of drug-likeness (QED) is 0.832. The number of likely N-dealkylation sites (tertiary alicyclic amines) is 1. The number of likely N-dealkylation sites (N-methyl/N-ethyl adjacent to an activating group) is 1. The van der Waals surface area contributed by atoms with E-state index in [9.17, 15) is 4.79 Å². The molecule has 1 aliphatic heterocycles. The van der Waals surface area contributed by atoms with E-state index >= 15 is 0 Å². The topological polar surface area (TPSA) is 84.5 Å². The lowest BCUT2D eigenvalue weighted by atomic mass is 10.0. The largest absolute Gasteiger partial charge is 0.490 e. The Morgan fingerprint density at radius 2 is 2.35 bits per heavy atom. The highest BCUT2D eigenvalue weighted by atomic mass is 16.5. The summed E-state index contributed by atoms with van der Waals surface area (Å²) < 4.78 is 10.8. The van der Waals surface area contributed by atoms with Crippen molar-refractivity contribution in [3.05, 3.63) is 22.7 Å². The number of fused-ring (bicyclic) bond motifs is 1. The van der Waals surface area contributed by atoms with Gasteiger partial charge < -0.3 is 19.8 Å². The number of nitrogens with one attached hydrogen (secondary N) is 1. The van der Waals surface area contributed by atoms with Crippen LogP contribution in [0.4, 0.5) is 5.69 Å². The number of oxazole rings is 1. The maximum atomic E-state index is 11.1. The normalized spacial score (nSPS) is 20.4. The van der Waals surface area contributed by atoms with Gasteiger partial charge in [-0.3, -0.25) is 4.98 Å². The molecule has 1 saturated heterocycles. The van der Waals surface area contributed by atoms with Crippen molar-refractivity contribution in [2.45, 2.75) is 25.3 Å². The molecule has 2 aromatic rings. The Morgan fingerprint density at radius 1 is 1.50 bits per heavy atom. The number of piperidine rings is 1. The molecule has 6 heteroatoms. The van der Waals surface area contributed by atoms with E-state index in [4.69, 9.17) is 14.9 Å². The van der Waals surface area contributed by atoms with Gasteiger partial charge in [-0.15, -0.1) is 0 Å². The number of nitrogens with two attached hydrogens (primary N) is 1. The van der Waals surface area contributed by atoms with E-state index in [1.807, 2.05) is 0 Å². The molecule has 1 unspecified atom stereocenters. The number of aromatic amines is 1. The van der Waals surface area contributed by atoms with Crippen molar-refractivity contribution in [3.63, 3.8) is 0 Å². The molecule has 1 aliphatic rings. The fraction of sp³-hybridized carbons (Fsp3) is 0.500. The summed E-state index contributed by atoms with van der Waals surface area (Å²) in [5.41, 5.74) is 7.48.